The van der Waals surface area contributed by atoms with E-state index in [-0.39, 0.29) is 5.91 Å². The monoisotopic (exact) mass is 383 g/mol. The highest BCUT2D eigenvalue weighted by molar-refractivity contribution is 6.30. The summed E-state index contributed by atoms with van der Waals surface area (Å²) in [5.41, 5.74) is 2.09. The third-order valence-electron chi connectivity index (χ3n) is 4.24. The van der Waals surface area contributed by atoms with Gasteiger partial charge in [0.2, 0.25) is 0 Å². The van der Waals surface area contributed by atoms with Crippen LogP contribution in [0, 0.1) is 0 Å². The Labute approximate surface area is 163 Å². The number of amides is 1. The van der Waals surface area contributed by atoms with Crippen LogP contribution in [0.5, 0.6) is 0 Å². The van der Waals surface area contributed by atoms with E-state index >= 15 is 0 Å². The van der Waals surface area contributed by atoms with Crippen molar-refractivity contribution in [2.24, 2.45) is 0 Å². The Morgan fingerprint density at radius 2 is 2.00 bits per heavy atom. The molecule has 3 aromatic rings. The average molecular weight is 384 g/mol. The zero-order valence-electron chi connectivity index (χ0n) is 15.4. The molecule has 0 bridgehead atoms. The molecule has 0 spiro atoms. The first kappa shape index (κ1) is 18.9. The predicted molar refractivity (Wildman–Crippen MR) is 108 cm³/mol. The van der Waals surface area contributed by atoms with Crippen LogP contribution >= 0.6 is 11.6 Å². The molecule has 3 rings (SSSR count). The summed E-state index contributed by atoms with van der Waals surface area (Å²) in [6.07, 6.45) is 3.53. The molecule has 0 saturated heterocycles. The van der Waals surface area contributed by atoms with Crippen molar-refractivity contribution in [3.8, 4) is 5.69 Å². The zero-order valence-corrected chi connectivity index (χ0v) is 16.1. The first-order chi connectivity index (χ1) is 13.1. The molecule has 140 valence electrons. The van der Waals surface area contributed by atoms with Crippen LogP contribution < -0.4 is 10.2 Å². The molecule has 0 aliphatic rings. The molecule has 27 heavy (non-hydrogen) atoms. The summed E-state index contributed by atoms with van der Waals surface area (Å²) in [6.45, 7) is 6.42. The van der Waals surface area contributed by atoms with Crippen molar-refractivity contribution in [3.05, 3.63) is 71.1 Å². The topological polar surface area (TPSA) is 63.1 Å². The fourth-order valence-electron chi connectivity index (χ4n) is 2.74. The van der Waals surface area contributed by atoms with Crippen molar-refractivity contribution in [1.82, 2.24) is 20.1 Å². The number of nitrogens with zero attached hydrogens (tertiary/aromatic N) is 4. The van der Waals surface area contributed by atoms with Gasteiger partial charge in [-0.1, -0.05) is 23.7 Å². The van der Waals surface area contributed by atoms with Crippen molar-refractivity contribution in [1.29, 1.82) is 0 Å². The minimum absolute atomic E-state index is 0.233. The lowest BCUT2D eigenvalue weighted by molar-refractivity contribution is 0.0945. The second-order valence-corrected chi connectivity index (χ2v) is 6.44. The lowest BCUT2D eigenvalue weighted by Gasteiger charge is -2.19. The summed E-state index contributed by atoms with van der Waals surface area (Å²) >= 11 is 6.00. The van der Waals surface area contributed by atoms with E-state index in [1.165, 1.54) is 0 Å². The largest absolute Gasteiger partial charge is 0.357 e. The van der Waals surface area contributed by atoms with Gasteiger partial charge in [-0.15, -0.1) is 0 Å². The number of pyridine rings is 1. The number of rotatable bonds is 7. The number of halogens is 1. The summed E-state index contributed by atoms with van der Waals surface area (Å²) < 4.78 is 1.63. The molecule has 2 aromatic heterocycles. The van der Waals surface area contributed by atoms with E-state index < -0.39 is 0 Å². The number of carbonyl (C=O) groups is 1. The fourth-order valence-corrected chi connectivity index (χ4v) is 2.92. The Hall–Kier alpha value is -2.86. The van der Waals surface area contributed by atoms with E-state index in [0.717, 1.165) is 30.2 Å². The molecule has 0 unspecified atom stereocenters. The Bertz CT molecular complexity index is 903. The number of carbonyl (C=O) groups excluding carboxylic acids is 1. The van der Waals surface area contributed by atoms with Gasteiger partial charge in [0.1, 0.15) is 5.82 Å². The van der Waals surface area contributed by atoms with Crippen LogP contribution in [-0.4, -0.2) is 33.8 Å². The van der Waals surface area contributed by atoms with Crippen molar-refractivity contribution in [3.63, 3.8) is 0 Å². The third-order valence-corrected chi connectivity index (χ3v) is 4.48. The van der Waals surface area contributed by atoms with Gasteiger partial charge in [0.15, 0.2) is 5.69 Å². The summed E-state index contributed by atoms with van der Waals surface area (Å²) in [7, 11) is 0. The molecule has 2 heterocycles. The molecule has 6 nitrogen and oxygen atoms in total. The molecule has 1 aromatic carbocycles. The highest BCUT2D eigenvalue weighted by Gasteiger charge is 2.11. The Balaban J connectivity index is 1.61. The van der Waals surface area contributed by atoms with Crippen LogP contribution in [0.1, 0.15) is 29.9 Å². The van der Waals surface area contributed by atoms with Crippen LogP contribution in [0.15, 0.2) is 54.9 Å². The first-order valence-corrected chi connectivity index (χ1v) is 9.28. The van der Waals surface area contributed by atoms with Gasteiger partial charge in [0.05, 0.1) is 5.69 Å². The fraction of sp³-hybridized carbons (Fsp3) is 0.250. The Kier molecular flexibility index (Phi) is 6.08. The summed E-state index contributed by atoms with van der Waals surface area (Å²) in [5.74, 6) is 0.707. The molecule has 7 heteroatoms. The maximum absolute atomic E-state index is 12.4. The highest BCUT2D eigenvalue weighted by atomic mass is 35.5. The van der Waals surface area contributed by atoms with E-state index in [9.17, 15) is 4.79 Å². The van der Waals surface area contributed by atoms with Gasteiger partial charge in [0.25, 0.3) is 5.91 Å². The lowest BCUT2D eigenvalue weighted by atomic mass is 10.2. The molecule has 1 N–H and O–H groups in total. The molecule has 0 radical (unpaired) electrons. The number of anilines is 1. The third kappa shape index (κ3) is 4.65. The van der Waals surface area contributed by atoms with Crippen LogP contribution in [0.4, 0.5) is 5.82 Å². The standard InChI is InChI=1S/C20H22ClN5O/c1-3-25(4-2)19-9-8-15(13-22-19)14-23-20(27)18-10-11-26(24-18)17-7-5-6-16(21)12-17/h5-13H,3-4,14H2,1-2H3,(H,23,27). The van der Waals surface area contributed by atoms with Gasteiger partial charge in [-0.2, -0.15) is 5.10 Å². The van der Waals surface area contributed by atoms with Gasteiger partial charge in [-0.25, -0.2) is 9.67 Å². The summed E-state index contributed by atoms with van der Waals surface area (Å²) in [4.78, 5) is 19.0. The zero-order chi connectivity index (χ0) is 19.2. The van der Waals surface area contributed by atoms with Gasteiger partial charge in [0, 0.05) is 37.1 Å². The maximum Gasteiger partial charge on any atom is 0.272 e. The molecule has 0 saturated carbocycles. The molecular formula is C20H22ClN5O. The van der Waals surface area contributed by atoms with Crippen molar-refractivity contribution >= 4 is 23.3 Å². The summed E-state index contributed by atoms with van der Waals surface area (Å²) in [5, 5.41) is 7.81. The van der Waals surface area contributed by atoms with Gasteiger partial charge < -0.3 is 10.2 Å². The van der Waals surface area contributed by atoms with Crippen molar-refractivity contribution < 1.29 is 4.79 Å². The van der Waals surface area contributed by atoms with E-state index in [2.05, 4.69) is 34.1 Å². The highest BCUT2D eigenvalue weighted by Crippen LogP contribution is 2.14. The van der Waals surface area contributed by atoms with E-state index in [1.807, 2.05) is 24.3 Å². The van der Waals surface area contributed by atoms with E-state index in [4.69, 9.17) is 11.6 Å². The van der Waals surface area contributed by atoms with Crippen LogP contribution in [0.3, 0.4) is 0 Å². The minimum atomic E-state index is -0.233. The number of benzene rings is 1. The van der Waals surface area contributed by atoms with Crippen LogP contribution in [-0.2, 0) is 6.54 Å². The number of aromatic nitrogens is 3. The second-order valence-electron chi connectivity index (χ2n) is 6.01. The van der Waals surface area contributed by atoms with Gasteiger partial charge in [-0.3, -0.25) is 4.79 Å². The smallest absolute Gasteiger partial charge is 0.272 e. The Morgan fingerprint density at radius 3 is 2.67 bits per heavy atom. The van der Waals surface area contributed by atoms with E-state index in [1.54, 1.807) is 35.3 Å². The quantitative estimate of drug-likeness (QED) is 0.675. The average Bonchev–Trinajstić information content (AvgIpc) is 3.18. The number of hydrogen-bond donors (Lipinski definition) is 1. The van der Waals surface area contributed by atoms with E-state index in [0.29, 0.717) is 17.3 Å². The first-order valence-electron chi connectivity index (χ1n) is 8.90. The molecule has 0 aliphatic carbocycles. The molecular weight excluding hydrogens is 362 g/mol. The molecule has 0 atom stereocenters. The SMILES string of the molecule is CCN(CC)c1ccc(CNC(=O)c2ccn(-c3cccc(Cl)c3)n2)cn1. The van der Waals surface area contributed by atoms with Gasteiger partial charge in [-0.05, 0) is 49.7 Å². The second kappa shape index (κ2) is 8.68. The molecule has 0 aliphatic heterocycles. The molecule has 1 amide bonds. The number of nitrogens with one attached hydrogen (secondary N) is 1. The van der Waals surface area contributed by atoms with Crippen molar-refractivity contribution in [2.75, 3.05) is 18.0 Å². The predicted octanol–water partition coefficient (Wildman–Crippen LogP) is 3.70. The van der Waals surface area contributed by atoms with Crippen LogP contribution in [0.2, 0.25) is 5.02 Å². The van der Waals surface area contributed by atoms with Gasteiger partial charge >= 0.3 is 0 Å². The lowest BCUT2D eigenvalue weighted by Crippen LogP contribution is -2.24. The normalized spacial score (nSPS) is 10.6. The van der Waals surface area contributed by atoms with Crippen molar-refractivity contribution in [2.45, 2.75) is 20.4 Å². The maximum atomic E-state index is 12.4. The molecule has 0 fully saturated rings. The number of hydrogen-bond acceptors (Lipinski definition) is 4. The van der Waals surface area contributed by atoms with Crippen LogP contribution in [0.25, 0.3) is 5.69 Å². The Morgan fingerprint density at radius 1 is 1.19 bits per heavy atom. The minimum Gasteiger partial charge on any atom is -0.357 e. The summed E-state index contributed by atoms with van der Waals surface area (Å²) in [6, 6.07) is 12.9.